The zero-order chi connectivity index (χ0) is 18.9. The van der Waals surface area contributed by atoms with Gasteiger partial charge in [0.2, 0.25) is 11.8 Å². The van der Waals surface area contributed by atoms with Crippen LogP contribution in [0.15, 0.2) is 39.0 Å². The number of carbonyl (C=O) groups excluding carboxylic acids is 2. The first kappa shape index (κ1) is 20.7. The molecule has 0 radical (unpaired) electrons. The van der Waals surface area contributed by atoms with Gasteiger partial charge in [-0.25, -0.2) is 0 Å². The maximum Gasteiger partial charge on any atom is 0.237 e. The normalized spacial score (nSPS) is 11.8. The summed E-state index contributed by atoms with van der Waals surface area (Å²) in [5, 5.41) is 10.8. The Morgan fingerprint density at radius 3 is 2.46 bits per heavy atom. The van der Waals surface area contributed by atoms with E-state index in [-0.39, 0.29) is 17.1 Å². The fraction of sp³-hybridized carbons (Fsp3) is 0.412. The molecule has 1 aromatic heterocycles. The standard InChI is InChI=1S/C17H22N4O2S3/c1-4-21(5-2)14(22)11-24-16-19-20-17(26-16)25-12(3)15(23)18-13-9-7-6-8-10-13/h6-10,12H,4-5,11H2,1-3H3,(H,18,23)/t12-/m0/s1. The largest absolute Gasteiger partial charge is 0.343 e. The smallest absolute Gasteiger partial charge is 0.237 e. The van der Waals surface area contributed by atoms with E-state index in [9.17, 15) is 9.59 Å². The van der Waals surface area contributed by atoms with Crippen LogP contribution in [0.1, 0.15) is 20.8 Å². The molecule has 0 unspecified atom stereocenters. The molecule has 1 atom stereocenters. The summed E-state index contributed by atoms with van der Waals surface area (Å²) in [5.74, 6) is 0.368. The number of nitrogens with one attached hydrogen (secondary N) is 1. The lowest BCUT2D eigenvalue weighted by Crippen LogP contribution is -2.31. The molecular formula is C17H22N4O2S3. The molecule has 0 saturated heterocycles. The predicted octanol–water partition coefficient (Wildman–Crippen LogP) is 3.62. The summed E-state index contributed by atoms with van der Waals surface area (Å²) in [4.78, 5) is 26.1. The van der Waals surface area contributed by atoms with Gasteiger partial charge < -0.3 is 10.2 Å². The van der Waals surface area contributed by atoms with E-state index in [1.54, 1.807) is 4.90 Å². The Labute approximate surface area is 166 Å². The van der Waals surface area contributed by atoms with Crippen LogP contribution in [0.25, 0.3) is 0 Å². The molecule has 2 rings (SSSR count). The number of hydrogen-bond acceptors (Lipinski definition) is 7. The van der Waals surface area contributed by atoms with E-state index in [2.05, 4.69) is 15.5 Å². The van der Waals surface area contributed by atoms with E-state index in [1.807, 2.05) is 51.1 Å². The topological polar surface area (TPSA) is 75.2 Å². The van der Waals surface area contributed by atoms with Gasteiger partial charge in [-0.2, -0.15) is 0 Å². The van der Waals surface area contributed by atoms with E-state index >= 15 is 0 Å². The number of nitrogens with zero attached hydrogens (tertiary/aromatic N) is 3. The molecule has 0 spiro atoms. The molecule has 0 aliphatic carbocycles. The van der Waals surface area contributed by atoms with Gasteiger partial charge in [0.25, 0.3) is 0 Å². The van der Waals surface area contributed by atoms with Gasteiger partial charge in [0.1, 0.15) is 0 Å². The van der Waals surface area contributed by atoms with Crippen LogP contribution in [0, 0.1) is 0 Å². The maximum atomic E-state index is 12.2. The molecule has 1 aromatic carbocycles. The van der Waals surface area contributed by atoms with Gasteiger partial charge in [-0.1, -0.05) is 53.1 Å². The van der Waals surface area contributed by atoms with Gasteiger partial charge in [0, 0.05) is 18.8 Å². The third-order valence-corrected chi connectivity index (χ3v) is 6.74. The number of anilines is 1. The highest BCUT2D eigenvalue weighted by Gasteiger charge is 2.18. The third kappa shape index (κ3) is 6.30. The minimum absolute atomic E-state index is 0.0812. The second kappa shape index (κ2) is 10.5. The summed E-state index contributed by atoms with van der Waals surface area (Å²) in [6.07, 6.45) is 0. The number of carbonyl (C=O) groups is 2. The van der Waals surface area contributed by atoms with Crippen molar-refractivity contribution in [2.75, 3.05) is 24.2 Å². The summed E-state index contributed by atoms with van der Waals surface area (Å²) < 4.78 is 1.46. The van der Waals surface area contributed by atoms with E-state index in [1.165, 1.54) is 34.9 Å². The van der Waals surface area contributed by atoms with Crippen LogP contribution in [0.3, 0.4) is 0 Å². The molecule has 0 aliphatic rings. The highest BCUT2D eigenvalue weighted by atomic mass is 32.2. The number of para-hydroxylation sites is 1. The monoisotopic (exact) mass is 410 g/mol. The summed E-state index contributed by atoms with van der Waals surface area (Å²) in [7, 11) is 0. The Kier molecular flexibility index (Phi) is 8.40. The lowest BCUT2D eigenvalue weighted by Gasteiger charge is -2.17. The van der Waals surface area contributed by atoms with Crippen molar-refractivity contribution in [3.63, 3.8) is 0 Å². The fourth-order valence-corrected chi connectivity index (χ4v) is 5.13. The zero-order valence-electron chi connectivity index (χ0n) is 15.0. The summed E-state index contributed by atoms with van der Waals surface area (Å²) in [5.41, 5.74) is 0.772. The van der Waals surface area contributed by atoms with Crippen LogP contribution in [0.2, 0.25) is 0 Å². The van der Waals surface area contributed by atoms with Crippen molar-refractivity contribution in [1.82, 2.24) is 15.1 Å². The number of aromatic nitrogens is 2. The van der Waals surface area contributed by atoms with Crippen molar-refractivity contribution >= 4 is 52.4 Å². The second-order valence-corrected chi connectivity index (χ2v) is 9.09. The van der Waals surface area contributed by atoms with E-state index < -0.39 is 0 Å². The molecule has 0 aliphatic heterocycles. The summed E-state index contributed by atoms with van der Waals surface area (Å²) in [6.45, 7) is 7.19. The Morgan fingerprint density at radius 1 is 1.15 bits per heavy atom. The SMILES string of the molecule is CCN(CC)C(=O)CSc1nnc(S[C@@H](C)C(=O)Nc2ccccc2)s1. The zero-order valence-corrected chi connectivity index (χ0v) is 17.4. The van der Waals surface area contributed by atoms with Crippen LogP contribution >= 0.6 is 34.9 Å². The van der Waals surface area contributed by atoms with E-state index in [4.69, 9.17) is 0 Å². The van der Waals surface area contributed by atoms with Gasteiger partial charge in [0.15, 0.2) is 8.68 Å². The highest BCUT2D eigenvalue weighted by Crippen LogP contribution is 2.31. The van der Waals surface area contributed by atoms with Crippen LogP contribution in [0.4, 0.5) is 5.69 Å². The van der Waals surface area contributed by atoms with Gasteiger partial charge in [-0.05, 0) is 32.9 Å². The lowest BCUT2D eigenvalue weighted by molar-refractivity contribution is -0.128. The molecular weight excluding hydrogens is 388 g/mol. The second-order valence-electron chi connectivity index (χ2n) is 5.30. The summed E-state index contributed by atoms with van der Waals surface area (Å²) in [6, 6.07) is 9.35. The van der Waals surface area contributed by atoms with Crippen LogP contribution in [-0.2, 0) is 9.59 Å². The molecule has 140 valence electrons. The third-order valence-electron chi connectivity index (χ3n) is 3.51. The molecule has 1 N–H and O–H groups in total. The van der Waals surface area contributed by atoms with Crippen molar-refractivity contribution in [2.24, 2.45) is 0 Å². The van der Waals surface area contributed by atoms with Crippen molar-refractivity contribution in [3.8, 4) is 0 Å². The molecule has 0 fully saturated rings. The predicted molar refractivity (Wildman–Crippen MR) is 109 cm³/mol. The van der Waals surface area contributed by atoms with Crippen molar-refractivity contribution in [2.45, 2.75) is 34.7 Å². The lowest BCUT2D eigenvalue weighted by atomic mass is 10.3. The number of hydrogen-bond donors (Lipinski definition) is 1. The number of amides is 2. The Bertz CT molecular complexity index is 720. The Balaban J connectivity index is 1.83. The van der Waals surface area contributed by atoms with Gasteiger partial charge >= 0.3 is 0 Å². The Morgan fingerprint density at radius 2 is 1.81 bits per heavy atom. The average Bonchev–Trinajstić information content (AvgIpc) is 3.09. The fourth-order valence-electron chi connectivity index (χ4n) is 2.06. The molecule has 9 heteroatoms. The quantitative estimate of drug-likeness (QED) is 0.637. The number of thioether (sulfide) groups is 2. The molecule has 0 bridgehead atoms. The van der Waals surface area contributed by atoms with Crippen molar-refractivity contribution in [3.05, 3.63) is 30.3 Å². The van der Waals surface area contributed by atoms with Gasteiger partial charge in [-0.3, -0.25) is 9.59 Å². The first-order valence-corrected chi connectivity index (χ1v) is 11.0. The van der Waals surface area contributed by atoms with E-state index in [0.717, 1.165) is 14.4 Å². The summed E-state index contributed by atoms with van der Waals surface area (Å²) >= 11 is 4.16. The molecule has 26 heavy (non-hydrogen) atoms. The number of rotatable bonds is 9. The van der Waals surface area contributed by atoms with Crippen molar-refractivity contribution in [1.29, 1.82) is 0 Å². The maximum absolute atomic E-state index is 12.2. The molecule has 2 aromatic rings. The Hall–Kier alpha value is -1.58. The van der Waals surface area contributed by atoms with Crippen molar-refractivity contribution < 1.29 is 9.59 Å². The van der Waals surface area contributed by atoms with Crippen LogP contribution in [-0.4, -0.2) is 51.0 Å². The number of benzene rings is 1. The minimum Gasteiger partial charge on any atom is -0.343 e. The minimum atomic E-state index is -0.293. The van der Waals surface area contributed by atoms with Gasteiger partial charge in [-0.15, -0.1) is 10.2 Å². The molecule has 6 nitrogen and oxygen atoms in total. The molecule has 0 saturated carbocycles. The highest BCUT2D eigenvalue weighted by molar-refractivity contribution is 8.04. The first-order valence-electron chi connectivity index (χ1n) is 8.30. The molecule has 2 amide bonds. The first-order chi connectivity index (χ1) is 12.5. The van der Waals surface area contributed by atoms with Crippen LogP contribution in [0.5, 0.6) is 0 Å². The molecule has 1 heterocycles. The van der Waals surface area contributed by atoms with Gasteiger partial charge in [0.05, 0.1) is 11.0 Å². The van der Waals surface area contributed by atoms with E-state index in [0.29, 0.717) is 18.8 Å². The van der Waals surface area contributed by atoms with Crippen LogP contribution < -0.4 is 5.32 Å². The average molecular weight is 411 g/mol.